The van der Waals surface area contributed by atoms with Gasteiger partial charge in [0.1, 0.15) is 12.4 Å². The van der Waals surface area contributed by atoms with E-state index in [0.29, 0.717) is 18.4 Å². The molecule has 2 aromatic carbocycles. The predicted molar refractivity (Wildman–Crippen MR) is 118 cm³/mol. The predicted octanol–water partition coefficient (Wildman–Crippen LogP) is 4.13. The van der Waals surface area contributed by atoms with Gasteiger partial charge in [-0.2, -0.15) is 13.2 Å². The third-order valence-electron chi connectivity index (χ3n) is 4.92. The van der Waals surface area contributed by atoms with Crippen LogP contribution in [0.25, 0.3) is 11.1 Å². The number of carbonyl (C=O) groups excluding carboxylic acids is 2. The third kappa shape index (κ3) is 5.83. The average Bonchev–Trinajstić information content (AvgIpc) is 2.81. The molecular weight excluding hydrogens is 492 g/mol. The molecule has 3 rings (SSSR count). The van der Waals surface area contributed by atoms with Crippen molar-refractivity contribution in [3.05, 3.63) is 77.9 Å². The number of aromatic nitrogens is 1. The van der Waals surface area contributed by atoms with Gasteiger partial charge in [0.25, 0.3) is 5.91 Å². The molecule has 0 unspecified atom stereocenters. The normalized spacial score (nSPS) is 11.7. The lowest BCUT2D eigenvalue weighted by Crippen LogP contribution is -2.37. The molecule has 0 bridgehead atoms. The van der Waals surface area contributed by atoms with Crippen LogP contribution in [0.4, 0.5) is 23.2 Å². The number of hydrogen-bond donors (Lipinski definition) is 0. The Morgan fingerprint density at radius 2 is 1.74 bits per heavy atom. The zero-order chi connectivity index (χ0) is 26.0. The quantitative estimate of drug-likeness (QED) is 0.366. The van der Waals surface area contributed by atoms with Gasteiger partial charge in [-0.15, -0.1) is 0 Å². The molecule has 0 radical (unpaired) electrons. The van der Waals surface area contributed by atoms with E-state index >= 15 is 0 Å². The van der Waals surface area contributed by atoms with Gasteiger partial charge in [0.2, 0.25) is 0 Å². The number of esters is 1. The van der Waals surface area contributed by atoms with Gasteiger partial charge in [0.05, 0.1) is 29.5 Å². The maximum atomic E-state index is 14.5. The van der Waals surface area contributed by atoms with E-state index in [9.17, 15) is 35.6 Å². The minimum atomic E-state index is -4.96. The summed E-state index contributed by atoms with van der Waals surface area (Å²) < 4.78 is 83.6. The summed E-state index contributed by atoms with van der Waals surface area (Å²) in [6.07, 6.45) is -1.83. The van der Waals surface area contributed by atoms with Crippen molar-refractivity contribution in [1.82, 2.24) is 4.98 Å². The Kier molecular flexibility index (Phi) is 7.25. The van der Waals surface area contributed by atoms with Crippen LogP contribution in [0, 0.1) is 5.82 Å². The van der Waals surface area contributed by atoms with Crippen LogP contribution >= 0.6 is 0 Å². The van der Waals surface area contributed by atoms with Crippen LogP contribution in [0.15, 0.2) is 65.8 Å². The molecule has 0 fully saturated rings. The maximum absolute atomic E-state index is 14.5. The van der Waals surface area contributed by atoms with E-state index in [4.69, 9.17) is 0 Å². The fourth-order valence-corrected chi connectivity index (χ4v) is 3.91. The third-order valence-corrected chi connectivity index (χ3v) is 6.02. The summed E-state index contributed by atoms with van der Waals surface area (Å²) in [5, 5.41) is 0. The van der Waals surface area contributed by atoms with Gasteiger partial charge in [-0.25, -0.2) is 12.8 Å². The molecule has 35 heavy (non-hydrogen) atoms. The number of hydrogen-bond acceptors (Lipinski definition) is 6. The highest BCUT2D eigenvalue weighted by Crippen LogP contribution is 2.35. The number of amides is 1. The average molecular weight is 510 g/mol. The highest BCUT2D eigenvalue weighted by atomic mass is 32.2. The van der Waals surface area contributed by atoms with E-state index in [2.05, 4.69) is 9.72 Å². The molecule has 0 spiro atoms. The molecule has 1 amide bonds. The van der Waals surface area contributed by atoms with Crippen LogP contribution in [0.2, 0.25) is 0 Å². The van der Waals surface area contributed by atoms with Gasteiger partial charge in [-0.3, -0.25) is 19.5 Å². The molecular formula is C23H18F4N2O5S. The minimum absolute atomic E-state index is 0.0356. The van der Waals surface area contributed by atoms with Crippen LogP contribution in [0.1, 0.15) is 15.9 Å². The number of anilines is 1. The molecule has 12 heteroatoms. The number of benzene rings is 2. The van der Waals surface area contributed by atoms with Gasteiger partial charge in [-0.05, 0) is 30.3 Å². The Labute approximate surface area is 197 Å². The molecule has 1 aromatic heterocycles. The van der Waals surface area contributed by atoms with Crippen molar-refractivity contribution >= 4 is 27.4 Å². The van der Waals surface area contributed by atoms with E-state index in [1.807, 2.05) is 0 Å². The summed E-state index contributed by atoms with van der Waals surface area (Å²) in [6, 6.07) is 8.55. The fraction of sp³-hybridized carbons (Fsp3) is 0.174. The Morgan fingerprint density at radius 3 is 2.34 bits per heavy atom. The number of carbonyl (C=O) groups is 2. The van der Waals surface area contributed by atoms with Crippen LogP contribution in [-0.2, 0) is 25.5 Å². The summed E-state index contributed by atoms with van der Waals surface area (Å²) in [5.74, 6) is -2.75. The van der Waals surface area contributed by atoms with Crippen LogP contribution < -0.4 is 4.90 Å². The summed E-state index contributed by atoms with van der Waals surface area (Å²) in [7, 11) is -3.10. The van der Waals surface area contributed by atoms with Crippen molar-refractivity contribution in [3.8, 4) is 11.1 Å². The molecule has 184 valence electrons. The number of alkyl halides is 3. The first kappa shape index (κ1) is 25.8. The summed E-state index contributed by atoms with van der Waals surface area (Å²) in [4.78, 5) is 29.5. The zero-order valence-electron chi connectivity index (χ0n) is 18.3. The fourth-order valence-electron chi connectivity index (χ4n) is 3.22. The summed E-state index contributed by atoms with van der Waals surface area (Å²) >= 11 is 0. The zero-order valence-corrected chi connectivity index (χ0v) is 19.2. The van der Waals surface area contributed by atoms with Crippen LogP contribution in [0.5, 0.6) is 0 Å². The topological polar surface area (TPSA) is 93.6 Å². The van der Waals surface area contributed by atoms with Crippen molar-refractivity contribution < 1.29 is 40.3 Å². The lowest BCUT2D eigenvalue weighted by molar-refractivity contribution is -0.139. The lowest BCUT2D eigenvalue weighted by Gasteiger charge is -2.25. The van der Waals surface area contributed by atoms with E-state index in [1.54, 1.807) is 0 Å². The monoisotopic (exact) mass is 510 g/mol. The van der Waals surface area contributed by atoms with Crippen molar-refractivity contribution in [2.45, 2.75) is 11.1 Å². The number of nitrogens with zero attached hydrogens (tertiary/aromatic N) is 2. The number of sulfone groups is 1. The molecule has 0 atom stereocenters. The molecule has 1 heterocycles. The first-order valence-electron chi connectivity index (χ1n) is 9.83. The second-order valence-corrected chi connectivity index (χ2v) is 9.37. The highest BCUT2D eigenvalue weighted by Gasteiger charge is 2.34. The number of halogens is 4. The number of ether oxygens (including phenoxy) is 1. The Morgan fingerprint density at radius 1 is 1.06 bits per heavy atom. The molecule has 7 nitrogen and oxygen atoms in total. The lowest BCUT2D eigenvalue weighted by atomic mass is 10.0. The Bertz CT molecular complexity index is 1390. The second kappa shape index (κ2) is 9.82. The van der Waals surface area contributed by atoms with E-state index in [1.165, 1.54) is 30.5 Å². The van der Waals surface area contributed by atoms with E-state index < -0.39 is 56.3 Å². The molecule has 3 aromatic rings. The second-order valence-electron chi connectivity index (χ2n) is 7.36. The molecule has 0 N–H and O–H groups in total. The highest BCUT2D eigenvalue weighted by molar-refractivity contribution is 7.90. The van der Waals surface area contributed by atoms with Crippen molar-refractivity contribution in [1.29, 1.82) is 0 Å². The van der Waals surface area contributed by atoms with Crippen LogP contribution in [0.3, 0.4) is 0 Å². The van der Waals surface area contributed by atoms with Gasteiger partial charge in [0.15, 0.2) is 9.84 Å². The molecule has 0 aliphatic rings. The molecule has 0 aliphatic heterocycles. The standard InChI is InChI=1S/C23H18F4N2O5S/c1-34-21(30)13-29(20-12-28-8-7-18(20)17-5-3-4-6-19(17)24)22(31)14-9-15(23(25,26)27)11-16(10-14)35(2,32)33/h3-12H,13H2,1-2H3. The SMILES string of the molecule is COC(=O)CN(C(=O)c1cc(C(F)(F)F)cc(S(C)(=O)=O)c1)c1cnccc1-c1ccccc1F. The smallest absolute Gasteiger partial charge is 0.416 e. The van der Waals surface area contributed by atoms with Crippen molar-refractivity contribution in [3.63, 3.8) is 0 Å². The largest absolute Gasteiger partial charge is 0.468 e. The van der Waals surface area contributed by atoms with Gasteiger partial charge in [-0.1, -0.05) is 18.2 Å². The minimum Gasteiger partial charge on any atom is -0.468 e. The van der Waals surface area contributed by atoms with Crippen molar-refractivity contribution in [2.24, 2.45) is 0 Å². The van der Waals surface area contributed by atoms with Crippen molar-refractivity contribution in [2.75, 3.05) is 24.8 Å². The Hall–Kier alpha value is -3.80. The van der Waals surface area contributed by atoms with Gasteiger partial charge >= 0.3 is 12.1 Å². The van der Waals surface area contributed by atoms with Gasteiger partial charge in [0, 0.05) is 29.1 Å². The summed E-state index contributed by atoms with van der Waals surface area (Å²) in [6.45, 7) is -0.771. The van der Waals surface area contributed by atoms with Crippen LogP contribution in [-0.4, -0.2) is 45.2 Å². The number of rotatable bonds is 6. The number of pyridine rings is 1. The van der Waals surface area contributed by atoms with Gasteiger partial charge < -0.3 is 4.74 Å². The first-order chi connectivity index (χ1) is 16.3. The molecule has 0 saturated heterocycles. The maximum Gasteiger partial charge on any atom is 0.416 e. The Balaban J connectivity index is 2.24. The van der Waals surface area contributed by atoms with E-state index in [-0.39, 0.29) is 16.8 Å². The molecule has 0 aliphatic carbocycles. The summed E-state index contributed by atoms with van der Waals surface area (Å²) in [5.41, 5.74) is -1.99. The van der Waals surface area contributed by atoms with E-state index in [0.717, 1.165) is 30.3 Å². The first-order valence-corrected chi connectivity index (χ1v) is 11.7. The molecule has 0 saturated carbocycles. The number of methoxy groups -OCH3 is 1.